The van der Waals surface area contributed by atoms with Crippen LogP contribution in [-0.2, 0) is 10.0 Å². The van der Waals surface area contributed by atoms with Gasteiger partial charge in [-0.3, -0.25) is 0 Å². The third-order valence-electron chi connectivity index (χ3n) is 4.95. The van der Waals surface area contributed by atoms with E-state index in [1.165, 1.54) is 4.31 Å². The summed E-state index contributed by atoms with van der Waals surface area (Å²) in [7, 11) is -3.56. The van der Waals surface area contributed by atoms with Gasteiger partial charge >= 0.3 is 0 Å². The molecule has 0 aromatic heterocycles. The summed E-state index contributed by atoms with van der Waals surface area (Å²) in [6.07, 6.45) is 7.48. The van der Waals surface area contributed by atoms with Crippen molar-refractivity contribution in [2.24, 2.45) is 11.8 Å². The summed E-state index contributed by atoms with van der Waals surface area (Å²) in [5.41, 5.74) is 0.575. The molecule has 3 rings (SSSR count). The van der Waals surface area contributed by atoms with Gasteiger partial charge in [-0.2, -0.15) is 4.31 Å². The highest BCUT2D eigenvalue weighted by Gasteiger charge is 2.34. The molecule has 24 heavy (non-hydrogen) atoms. The van der Waals surface area contributed by atoms with Gasteiger partial charge in [-0.05, 0) is 55.9 Å². The molecule has 1 saturated heterocycles. The second-order valence-electron chi connectivity index (χ2n) is 6.38. The van der Waals surface area contributed by atoms with Gasteiger partial charge in [0.25, 0.3) is 0 Å². The van der Waals surface area contributed by atoms with Crippen LogP contribution in [0.25, 0.3) is 0 Å². The Morgan fingerprint density at radius 1 is 1.25 bits per heavy atom. The van der Waals surface area contributed by atoms with Gasteiger partial charge in [-0.25, -0.2) is 12.8 Å². The Morgan fingerprint density at radius 3 is 2.62 bits per heavy atom. The number of halogens is 2. The van der Waals surface area contributed by atoms with Crippen LogP contribution in [0.5, 0.6) is 0 Å². The zero-order valence-electron chi connectivity index (χ0n) is 13.6. The molecule has 2 aliphatic rings. The zero-order valence-corrected chi connectivity index (χ0v) is 15.2. The summed E-state index contributed by atoms with van der Waals surface area (Å²) in [5.74, 6) is -0.120. The van der Waals surface area contributed by atoms with Gasteiger partial charge in [0, 0.05) is 24.0 Å². The molecule has 1 aromatic rings. The van der Waals surface area contributed by atoms with E-state index in [1.54, 1.807) is 31.2 Å². The SMILES string of the molecule is Cc1c(Cl)cccc1S(=O)(=O)N1CCC(C2C=CCC=C2F)CC1. The maximum atomic E-state index is 14.0. The Balaban J connectivity index is 1.74. The average Bonchev–Trinajstić information content (AvgIpc) is 2.58. The van der Waals surface area contributed by atoms with Crippen molar-refractivity contribution in [2.75, 3.05) is 13.1 Å². The number of sulfonamides is 1. The Bertz CT molecular complexity index is 780. The molecule has 0 saturated carbocycles. The molecule has 6 heteroatoms. The van der Waals surface area contributed by atoms with Gasteiger partial charge in [-0.1, -0.05) is 29.8 Å². The van der Waals surface area contributed by atoms with Crippen LogP contribution < -0.4 is 0 Å². The molecule has 3 nitrogen and oxygen atoms in total. The topological polar surface area (TPSA) is 37.4 Å². The average molecular weight is 370 g/mol. The summed E-state index contributed by atoms with van der Waals surface area (Å²) < 4.78 is 41.2. The van der Waals surface area contributed by atoms with E-state index in [0.717, 1.165) is 0 Å². The van der Waals surface area contributed by atoms with Crippen LogP contribution in [0.2, 0.25) is 5.02 Å². The Morgan fingerprint density at radius 2 is 1.96 bits per heavy atom. The van der Waals surface area contributed by atoms with Crippen LogP contribution in [-0.4, -0.2) is 25.8 Å². The summed E-state index contributed by atoms with van der Waals surface area (Å²) >= 11 is 6.06. The van der Waals surface area contributed by atoms with Crippen LogP contribution in [0.3, 0.4) is 0 Å². The van der Waals surface area contributed by atoms with Crippen molar-refractivity contribution in [1.82, 2.24) is 4.31 Å². The van der Waals surface area contributed by atoms with E-state index >= 15 is 0 Å². The first-order valence-corrected chi connectivity index (χ1v) is 10.0. The molecule has 1 atom stereocenters. The first-order valence-electron chi connectivity index (χ1n) is 8.18. The fraction of sp³-hybridized carbons (Fsp3) is 0.444. The molecule has 1 heterocycles. The largest absolute Gasteiger partial charge is 0.243 e. The fourth-order valence-electron chi connectivity index (χ4n) is 3.50. The molecule has 1 aromatic carbocycles. The van der Waals surface area contributed by atoms with Crippen LogP contribution in [0.1, 0.15) is 24.8 Å². The first-order chi connectivity index (χ1) is 11.4. The number of benzene rings is 1. The maximum absolute atomic E-state index is 14.0. The summed E-state index contributed by atoms with van der Waals surface area (Å²) in [6.45, 7) is 2.54. The second-order valence-corrected chi connectivity index (χ2v) is 8.70. The van der Waals surface area contributed by atoms with Crippen molar-refractivity contribution < 1.29 is 12.8 Å². The van der Waals surface area contributed by atoms with Crippen molar-refractivity contribution in [3.63, 3.8) is 0 Å². The van der Waals surface area contributed by atoms with Gasteiger partial charge in [0.05, 0.1) is 4.90 Å². The van der Waals surface area contributed by atoms with E-state index in [-0.39, 0.29) is 22.6 Å². The first kappa shape index (κ1) is 17.6. The van der Waals surface area contributed by atoms with Crippen molar-refractivity contribution in [1.29, 1.82) is 0 Å². The molecule has 1 unspecified atom stereocenters. The lowest BCUT2D eigenvalue weighted by atomic mass is 9.82. The molecule has 0 amide bonds. The predicted molar refractivity (Wildman–Crippen MR) is 94.1 cm³/mol. The van der Waals surface area contributed by atoms with Gasteiger partial charge in [0.15, 0.2) is 0 Å². The minimum atomic E-state index is -3.56. The normalized spacial score (nSPS) is 23.3. The fourth-order valence-corrected chi connectivity index (χ4v) is 5.45. The summed E-state index contributed by atoms with van der Waals surface area (Å²) in [4.78, 5) is 0.261. The van der Waals surface area contributed by atoms with Crippen molar-refractivity contribution >= 4 is 21.6 Å². The molecule has 130 valence electrons. The molecule has 0 N–H and O–H groups in total. The third kappa shape index (κ3) is 3.30. The van der Waals surface area contributed by atoms with Crippen LogP contribution >= 0.6 is 11.6 Å². The van der Waals surface area contributed by atoms with Crippen molar-refractivity contribution in [3.8, 4) is 0 Å². The van der Waals surface area contributed by atoms with Crippen molar-refractivity contribution in [2.45, 2.75) is 31.1 Å². The number of hydrogen-bond acceptors (Lipinski definition) is 2. The van der Waals surface area contributed by atoms with E-state index in [2.05, 4.69) is 0 Å². The Hall–Kier alpha value is -1.17. The Kier molecular flexibility index (Phi) is 5.13. The van der Waals surface area contributed by atoms with Gasteiger partial charge < -0.3 is 0 Å². The van der Waals surface area contributed by atoms with Gasteiger partial charge in [0.1, 0.15) is 5.83 Å². The number of hydrogen-bond donors (Lipinski definition) is 0. The monoisotopic (exact) mass is 369 g/mol. The van der Waals surface area contributed by atoms with E-state index < -0.39 is 10.0 Å². The number of rotatable bonds is 3. The number of allylic oxidation sites excluding steroid dienone is 4. The highest BCUT2D eigenvalue weighted by molar-refractivity contribution is 7.89. The summed E-state index contributed by atoms with van der Waals surface area (Å²) in [5, 5.41) is 0.450. The quantitative estimate of drug-likeness (QED) is 0.737. The third-order valence-corrected chi connectivity index (χ3v) is 7.41. The smallest absolute Gasteiger partial charge is 0.212 e. The predicted octanol–water partition coefficient (Wildman–Crippen LogP) is 4.48. The minimum Gasteiger partial charge on any atom is -0.212 e. The van der Waals surface area contributed by atoms with E-state index in [0.29, 0.717) is 42.9 Å². The lowest BCUT2D eigenvalue weighted by molar-refractivity contribution is 0.231. The zero-order chi connectivity index (χ0) is 17.3. The van der Waals surface area contributed by atoms with Crippen molar-refractivity contribution in [3.05, 3.63) is 52.8 Å². The maximum Gasteiger partial charge on any atom is 0.243 e. The standard InChI is InChI=1S/C18H21ClFNO2S/c1-13-16(19)6-4-8-18(13)24(22,23)21-11-9-14(10-12-21)15-5-2-3-7-17(15)20/h2,4-8,14-15H,3,9-12H2,1H3. The molecule has 1 aliphatic carbocycles. The Labute approximate surface area is 147 Å². The molecule has 0 radical (unpaired) electrons. The van der Waals surface area contributed by atoms with E-state index in [4.69, 9.17) is 11.6 Å². The van der Waals surface area contributed by atoms with Gasteiger partial charge in [0.2, 0.25) is 10.0 Å². The lowest BCUT2D eigenvalue weighted by Crippen LogP contribution is -2.40. The molecule has 1 fully saturated rings. The lowest BCUT2D eigenvalue weighted by Gasteiger charge is -2.34. The van der Waals surface area contributed by atoms with Crippen LogP contribution in [0.4, 0.5) is 4.39 Å². The number of nitrogens with zero attached hydrogens (tertiary/aromatic N) is 1. The second kappa shape index (κ2) is 6.98. The molecule has 0 spiro atoms. The molecule has 1 aliphatic heterocycles. The minimum absolute atomic E-state index is 0.0792. The number of piperidine rings is 1. The highest BCUT2D eigenvalue weighted by Crippen LogP contribution is 2.36. The molecule has 0 bridgehead atoms. The summed E-state index contributed by atoms with van der Waals surface area (Å²) in [6, 6.07) is 4.93. The van der Waals surface area contributed by atoms with E-state index in [1.807, 2.05) is 12.2 Å². The van der Waals surface area contributed by atoms with Crippen LogP contribution in [0, 0.1) is 18.8 Å². The molecular formula is C18H21ClFNO2S. The van der Waals surface area contributed by atoms with E-state index in [9.17, 15) is 12.8 Å². The van der Waals surface area contributed by atoms with Gasteiger partial charge in [-0.15, -0.1) is 0 Å². The molecular weight excluding hydrogens is 349 g/mol. The highest BCUT2D eigenvalue weighted by atomic mass is 35.5. The van der Waals surface area contributed by atoms with Crippen LogP contribution in [0.15, 0.2) is 47.1 Å².